The largest absolute Gasteiger partial charge is 0.490 e. The van der Waals surface area contributed by atoms with Crippen LogP contribution >= 0.6 is 0 Å². The molecule has 0 aliphatic carbocycles. The van der Waals surface area contributed by atoms with Crippen LogP contribution in [0.15, 0.2) is 30.3 Å². The number of alkyl halides is 3. The number of carbonyl (C=O) groups excluding carboxylic acids is 1. The maximum Gasteiger partial charge on any atom is 0.490 e. The highest BCUT2D eigenvalue weighted by atomic mass is 19.4. The molecule has 2 atom stereocenters. The van der Waals surface area contributed by atoms with Crippen molar-refractivity contribution in [2.75, 3.05) is 26.2 Å². The average molecular weight is 330 g/mol. The predicted octanol–water partition coefficient (Wildman–Crippen LogP) is 1.61. The Morgan fingerprint density at radius 2 is 1.57 bits per heavy atom. The van der Waals surface area contributed by atoms with Crippen molar-refractivity contribution in [3.8, 4) is 0 Å². The minimum Gasteiger partial charge on any atom is -0.475 e. The lowest BCUT2D eigenvalue weighted by Crippen LogP contribution is -2.31. The maximum absolute atomic E-state index is 12.2. The third kappa shape index (κ3) is 4.44. The molecule has 8 heteroatoms. The van der Waals surface area contributed by atoms with Crippen LogP contribution in [0.1, 0.15) is 10.4 Å². The topological polar surface area (TPSA) is 69.6 Å². The molecule has 2 saturated heterocycles. The Balaban J connectivity index is 0.000000236. The van der Waals surface area contributed by atoms with Gasteiger partial charge < -0.3 is 15.3 Å². The summed E-state index contributed by atoms with van der Waals surface area (Å²) >= 11 is 0. The molecular formula is C15H17F3N2O3. The van der Waals surface area contributed by atoms with Gasteiger partial charge >= 0.3 is 12.1 Å². The Morgan fingerprint density at radius 3 is 2.00 bits per heavy atom. The van der Waals surface area contributed by atoms with Gasteiger partial charge in [-0.15, -0.1) is 0 Å². The zero-order valence-electron chi connectivity index (χ0n) is 12.2. The normalized spacial score (nSPS) is 23.0. The van der Waals surface area contributed by atoms with Gasteiger partial charge in [0.25, 0.3) is 5.91 Å². The van der Waals surface area contributed by atoms with E-state index in [1.165, 1.54) is 0 Å². The van der Waals surface area contributed by atoms with E-state index < -0.39 is 12.1 Å². The zero-order valence-corrected chi connectivity index (χ0v) is 12.2. The highest BCUT2D eigenvalue weighted by Gasteiger charge is 2.38. The van der Waals surface area contributed by atoms with Gasteiger partial charge in [0.05, 0.1) is 0 Å². The van der Waals surface area contributed by atoms with E-state index in [9.17, 15) is 18.0 Å². The van der Waals surface area contributed by atoms with E-state index in [4.69, 9.17) is 9.90 Å². The Bertz CT molecular complexity index is 551. The van der Waals surface area contributed by atoms with Gasteiger partial charge in [-0.25, -0.2) is 4.79 Å². The first-order chi connectivity index (χ1) is 10.8. The van der Waals surface area contributed by atoms with Crippen molar-refractivity contribution in [1.82, 2.24) is 10.2 Å². The number of fused-ring (bicyclic) bond motifs is 1. The van der Waals surface area contributed by atoms with E-state index in [1.54, 1.807) is 0 Å². The van der Waals surface area contributed by atoms with Gasteiger partial charge in [-0.3, -0.25) is 4.79 Å². The second kappa shape index (κ2) is 6.99. The summed E-state index contributed by atoms with van der Waals surface area (Å²) in [6.45, 7) is 3.99. The lowest BCUT2D eigenvalue weighted by Gasteiger charge is -2.17. The molecule has 23 heavy (non-hydrogen) atoms. The maximum atomic E-state index is 12.2. The fourth-order valence-electron chi connectivity index (χ4n) is 2.78. The van der Waals surface area contributed by atoms with Crippen molar-refractivity contribution >= 4 is 11.9 Å². The van der Waals surface area contributed by atoms with E-state index in [-0.39, 0.29) is 5.91 Å². The number of nitrogens with one attached hydrogen (secondary N) is 1. The molecule has 126 valence electrons. The molecule has 2 unspecified atom stereocenters. The average Bonchev–Trinajstić information content (AvgIpc) is 3.08. The zero-order chi connectivity index (χ0) is 17.0. The minimum absolute atomic E-state index is 0.190. The summed E-state index contributed by atoms with van der Waals surface area (Å²) in [5.74, 6) is -1.22. The van der Waals surface area contributed by atoms with Crippen molar-refractivity contribution < 1.29 is 27.9 Å². The highest BCUT2D eigenvalue weighted by Crippen LogP contribution is 2.27. The van der Waals surface area contributed by atoms with E-state index in [0.717, 1.165) is 31.7 Å². The van der Waals surface area contributed by atoms with Crippen LogP contribution in [0, 0.1) is 11.8 Å². The summed E-state index contributed by atoms with van der Waals surface area (Å²) in [6.07, 6.45) is -5.08. The quantitative estimate of drug-likeness (QED) is 0.821. The van der Waals surface area contributed by atoms with Crippen molar-refractivity contribution in [3.63, 3.8) is 0 Å². The third-order valence-corrected chi connectivity index (χ3v) is 3.94. The van der Waals surface area contributed by atoms with E-state index in [0.29, 0.717) is 11.8 Å². The third-order valence-electron chi connectivity index (χ3n) is 3.94. The summed E-state index contributed by atoms with van der Waals surface area (Å²) in [5.41, 5.74) is 0.815. The molecule has 2 aliphatic rings. The number of aliphatic carboxylic acids is 1. The first-order valence-corrected chi connectivity index (χ1v) is 7.14. The first-order valence-electron chi connectivity index (χ1n) is 7.14. The molecule has 2 N–H and O–H groups in total. The molecule has 0 spiro atoms. The molecule has 0 saturated carbocycles. The molecule has 5 nitrogen and oxygen atoms in total. The number of halogens is 3. The number of hydrogen-bond acceptors (Lipinski definition) is 3. The smallest absolute Gasteiger partial charge is 0.475 e. The van der Waals surface area contributed by atoms with Gasteiger partial charge in [0.2, 0.25) is 0 Å². The van der Waals surface area contributed by atoms with Crippen molar-refractivity contribution in [1.29, 1.82) is 0 Å². The molecule has 0 bridgehead atoms. The Kier molecular flexibility index (Phi) is 5.25. The number of hydrogen-bond donors (Lipinski definition) is 2. The number of likely N-dealkylation sites (tertiary alicyclic amines) is 1. The molecule has 0 radical (unpaired) electrons. The number of nitrogens with zero attached hydrogens (tertiary/aromatic N) is 1. The van der Waals surface area contributed by atoms with Crippen molar-refractivity contribution in [2.45, 2.75) is 6.18 Å². The lowest BCUT2D eigenvalue weighted by molar-refractivity contribution is -0.192. The van der Waals surface area contributed by atoms with E-state index >= 15 is 0 Å². The SMILES string of the molecule is O=C(O)C(F)(F)F.O=C(c1ccccc1)N1CC2CNCC2C1. The second-order valence-corrected chi connectivity index (χ2v) is 5.56. The van der Waals surface area contributed by atoms with Crippen LogP contribution < -0.4 is 5.32 Å². The Morgan fingerprint density at radius 1 is 1.09 bits per heavy atom. The summed E-state index contributed by atoms with van der Waals surface area (Å²) in [7, 11) is 0. The Labute approximate surface area is 131 Å². The molecule has 1 amide bonds. The first kappa shape index (κ1) is 17.3. The van der Waals surface area contributed by atoms with E-state index in [2.05, 4.69) is 5.32 Å². The van der Waals surface area contributed by atoms with Gasteiger partial charge in [0.15, 0.2) is 0 Å². The van der Waals surface area contributed by atoms with Crippen LogP contribution in [0.5, 0.6) is 0 Å². The second-order valence-electron chi connectivity index (χ2n) is 5.56. The molecule has 3 rings (SSSR count). The van der Waals surface area contributed by atoms with Crippen LogP contribution in [-0.2, 0) is 4.79 Å². The van der Waals surface area contributed by atoms with Crippen LogP contribution in [-0.4, -0.2) is 54.2 Å². The standard InChI is InChI=1S/C13H16N2O.C2HF3O2/c16-13(10-4-2-1-3-5-10)15-8-11-6-14-7-12(11)9-15;3-2(4,5)1(6)7/h1-5,11-12,14H,6-9H2;(H,6,7). The van der Waals surface area contributed by atoms with Gasteiger partial charge in [0.1, 0.15) is 0 Å². The van der Waals surface area contributed by atoms with Gasteiger partial charge in [0, 0.05) is 31.7 Å². The molecule has 2 heterocycles. The molecule has 2 aliphatic heterocycles. The van der Waals surface area contributed by atoms with Crippen LogP contribution in [0.25, 0.3) is 0 Å². The summed E-state index contributed by atoms with van der Waals surface area (Å²) in [6, 6.07) is 9.58. The van der Waals surface area contributed by atoms with E-state index in [1.807, 2.05) is 35.2 Å². The molecule has 2 fully saturated rings. The summed E-state index contributed by atoms with van der Waals surface area (Å²) < 4.78 is 31.7. The van der Waals surface area contributed by atoms with Crippen LogP contribution in [0.2, 0.25) is 0 Å². The summed E-state index contributed by atoms with van der Waals surface area (Å²) in [5, 5.41) is 10.5. The number of carboxylic acids is 1. The molecular weight excluding hydrogens is 313 g/mol. The molecule has 1 aromatic carbocycles. The van der Waals surface area contributed by atoms with Gasteiger partial charge in [-0.2, -0.15) is 13.2 Å². The summed E-state index contributed by atoms with van der Waals surface area (Å²) in [4.78, 5) is 23.1. The fourth-order valence-corrected chi connectivity index (χ4v) is 2.78. The monoisotopic (exact) mass is 330 g/mol. The number of carbonyl (C=O) groups is 2. The van der Waals surface area contributed by atoms with Crippen LogP contribution in [0.4, 0.5) is 13.2 Å². The van der Waals surface area contributed by atoms with Crippen LogP contribution in [0.3, 0.4) is 0 Å². The number of carboxylic acid groups (broad SMARTS) is 1. The van der Waals surface area contributed by atoms with Gasteiger partial charge in [-0.1, -0.05) is 18.2 Å². The molecule has 1 aromatic rings. The molecule has 0 aromatic heterocycles. The van der Waals surface area contributed by atoms with Crippen molar-refractivity contribution in [3.05, 3.63) is 35.9 Å². The lowest BCUT2D eigenvalue weighted by atomic mass is 10.0. The highest BCUT2D eigenvalue weighted by molar-refractivity contribution is 5.94. The number of rotatable bonds is 1. The minimum atomic E-state index is -5.08. The Hall–Kier alpha value is -2.09. The van der Waals surface area contributed by atoms with Gasteiger partial charge in [-0.05, 0) is 24.0 Å². The fraction of sp³-hybridized carbons (Fsp3) is 0.467. The number of benzene rings is 1. The number of amides is 1. The van der Waals surface area contributed by atoms with Crippen molar-refractivity contribution in [2.24, 2.45) is 11.8 Å². The predicted molar refractivity (Wildman–Crippen MR) is 75.9 cm³/mol.